The largest absolute Gasteiger partial charge is 0.491 e. The van der Waals surface area contributed by atoms with Crippen LogP contribution in [0.3, 0.4) is 0 Å². The Morgan fingerprint density at radius 3 is 2.44 bits per heavy atom. The van der Waals surface area contributed by atoms with Crippen LogP contribution < -0.4 is 20.3 Å². The van der Waals surface area contributed by atoms with E-state index in [1.54, 1.807) is 23.1 Å². The summed E-state index contributed by atoms with van der Waals surface area (Å²) in [5.74, 6) is 0.373. The van der Waals surface area contributed by atoms with Gasteiger partial charge in [0.25, 0.3) is 5.91 Å². The maximum Gasteiger partial charge on any atom is 0.251 e. The Morgan fingerprint density at radius 1 is 1.02 bits per heavy atom. The van der Waals surface area contributed by atoms with Crippen LogP contribution in [0.4, 0.5) is 5.69 Å². The summed E-state index contributed by atoms with van der Waals surface area (Å²) in [5.41, 5.74) is 1.95. The molecule has 8 nitrogen and oxygen atoms in total. The third-order valence-corrected chi connectivity index (χ3v) is 8.61. The van der Waals surface area contributed by atoms with Gasteiger partial charge in [-0.05, 0) is 63.1 Å². The van der Waals surface area contributed by atoms with Gasteiger partial charge in [0, 0.05) is 42.7 Å². The first-order chi connectivity index (χ1) is 20.7. The molecule has 4 rings (SSSR count). The lowest BCUT2D eigenvalue weighted by molar-refractivity contribution is -0.125. The molecule has 2 aromatic rings. The molecule has 0 radical (unpaired) electrons. The zero-order valence-corrected chi connectivity index (χ0v) is 26.0. The Bertz CT molecular complexity index is 1210. The van der Waals surface area contributed by atoms with Crippen LogP contribution in [-0.4, -0.2) is 54.2 Å². The number of aliphatic hydroxyl groups excluding tert-OH is 1. The highest BCUT2D eigenvalue weighted by Gasteiger charge is 2.28. The number of carbonyl (C=O) groups is 3. The minimum atomic E-state index is -0.946. The molecule has 3 N–H and O–H groups in total. The number of hydrogen-bond acceptors (Lipinski definition) is 5. The van der Waals surface area contributed by atoms with Gasteiger partial charge in [0.05, 0.1) is 18.2 Å². The number of aliphatic hydroxyl groups is 1. The van der Waals surface area contributed by atoms with E-state index in [-0.39, 0.29) is 30.2 Å². The molecule has 234 valence electrons. The predicted octanol–water partition coefficient (Wildman–Crippen LogP) is 5.42. The number of rotatable bonds is 14. The molecule has 1 saturated heterocycles. The summed E-state index contributed by atoms with van der Waals surface area (Å²) in [6.07, 6.45) is 8.18. The molecule has 2 aliphatic rings. The first-order valence-corrected chi connectivity index (χ1v) is 16.1. The summed E-state index contributed by atoms with van der Waals surface area (Å²) in [6, 6.07) is 14.2. The van der Waals surface area contributed by atoms with Gasteiger partial charge < -0.3 is 25.4 Å². The van der Waals surface area contributed by atoms with Crippen LogP contribution in [0.5, 0.6) is 5.75 Å². The molecule has 0 aromatic heterocycles. The van der Waals surface area contributed by atoms with Crippen molar-refractivity contribution in [3.8, 4) is 5.75 Å². The predicted molar refractivity (Wildman–Crippen MR) is 169 cm³/mol. The van der Waals surface area contributed by atoms with Crippen LogP contribution in [0, 0.1) is 11.8 Å². The molecular weight excluding hydrogens is 542 g/mol. The van der Waals surface area contributed by atoms with E-state index in [9.17, 15) is 19.5 Å². The van der Waals surface area contributed by atoms with Crippen LogP contribution >= 0.6 is 0 Å². The molecule has 1 aliphatic carbocycles. The number of benzene rings is 2. The second-order valence-corrected chi connectivity index (χ2v) is 12.6. The van der Waals surface area contributed by atoms with Crippen molar-refractivity contribution in [1.29, 1.82) is 0 Å². The fourth-order valence-electron chi connectivity index (χ4n) is 6.22. The molecule has 3 amide bonds. The lowest BCUT2D eigenvalue weighted by atomic mass is 9.87. The van der Waals surface area contributed by atoms with Gasteiger partial charge in [0.1, 0.15) is 5.75 Å². The number of nitrogens with zero attached hydrogens (tertiary/aromatic N) is 1. The maximum absolute atomic E-state index is 13.7. The Morgan fingerprint density at radius 2 is 1.77 bits per heavy atom. The lowest BCUT2D eigenvalue weighted by Gasteiger charge is -2.27. The van der Waals surface area contributed by atoms with E-state index >= 15 is 0 Å². The van der Waals surface area contributed by atoms with Crippen molar-refractivity contribution in [2.75, 3.05) is 18.0 Å². The highest BCUT2D eigenvalue weighted by molar-refractivity contribution is 5.99. The minimum absolute atomic E-state index is 0.0245. The third-order valence-electron chi connectivity index (χ3n) is 8.61. The molecule has 1 saturated carbocycles. The fourth-order valence-corrected chi connectivity index (χ4v) is 6.22. The summed E-state index contributed by atoms with van der Waals surface area (Å²) in [7, 11) is 0. The Labute approximate surface area is 256 Å². The molecule has 3 atom stereocenters. The van der Waals surface area contributed by atoms with E-state index in [1.807, 2.05) is 51.1 Å². The average molecular weight is 592 g/mol. The number of amides is 3. The van der Waals surface area contributed by atoms with Crippen LogP contribution in [0.2, 0.25) is 0 Å². The topological polar surface area (TPSA) is 108 Å². The summed E-state index contributed by atoms with van der Waals surface area (Å²) in [5, 5.41) is 17.5. The summed E-state index contributed by atoms with van der Waals surface area (Å²) < 4.78 is 5.93. The Kier molecular flexibility index (Phi) is 12.0. The van der Waals surface area contributed by atoms with E-state index in [1.165, 1.54) is 32.1 Å². The van der Waals surface area contributed by atoms with E-state index in [0.29, 0.717) is 48.8 Å². The molecule has 2 fully saturated rings. The van der Waals surface area contributed by atoms with Gasteiger partial charge in [-0.25, -0.2) is 0 Å². The van der Waals surface area contributed by atoms with Gasteiger partial charge in [-0.15, -0.1) is 0 Å². The van der Waals surface area contributed by atoms with Gasteiger partial charge in [-0.2, -0.15) is 0 Å². The summed E-state index contributed by atoms with van der Waals surface area (Å²) in [4.78, 5) is 40.8. The third kappa shape index (κ3) is 9.82. The van der Waals surface area contributed by atoms with Gasteiger partial charge in [0.15, 0.2) is 0 Å². The molecular formula is C35H49N3O5. The molecule has 0 unspecified atom stereocenters. The average Bonchev–Trinajstić information content (AvgIpc) is 3.43. The molecule has 0 spiro atoms. The number of anilines is 1. The molecule has 1 aliphatic heterocycles. The van der Waals surface area contributed by atoms with Crippen LogP contribution in [0.15, 0.2) is 48.5 Å². The SMILES string of the molecule is CC(C)Oc1cc(C(=O)N[C@@H](Cc2ccccc2)[C@@H](O)C[C@@H](C)C(=O)NCCC2CCCCC2)cc(N2CCCC2=O)c1. The van der Waals surface area contributed by atoms with E-state index in [2.05, 4.69) is 10.6 Å². The quantitative estimate of drug-likeness (QED) is 0.272. The first kappa shape index (κ1) is 32.5. The number of hydrogen-bond donors (Lipinski definition) is 3. The molecule has 8 heteroatoms. The van der Waals surface area contributed by atoms with Gasteiger partial charge in [-0.1, -0.05) is 69.4 Å². The van der Waals surface area contributed by atoms with Crippen molar-refractivity contribution < 1.29 is 24.2 Å². The van der Waals surface area contributed by atoms with Crippen molar-refractivity contribution in [2.45, 2.75) is 103 Å². The molecule has 2 aromatic carbocycles. The molecule has 1 heterocycles. The number of nitrogens with one attached hydrogen (secondary N) is 2. The van der Waals surface area contributed by atoms with Crippen molar-refractivity contribution in [3.05, 3.63) is 59.7 Å². The fraction of sp³-hybridized carbons (Fsp3) is 0.571. The highest BCUT2D eigenvalue weighted by atomic mass is 16.5. The normalized spacial score (nSPS) is 17.9. The van der Waals surface area contributed by atoms with E-state index in [0.717, 1.165) is 18.4 Å². The van der Waals surface area contributed by atoms with E-state index in [4.69, 9.17) is 4.74 Å². The van der Waals surface area contributed by atoms with Gasteiger partial charge >= 0.3 is 0 Å². The zero-order chi connectivity index (χ0) is 30.8. The smallest absolute Gasteiger partial charge is 0.251 e. The second kappa shape index (κ2) is 15.9. The van der Waals surface area contributed by atoms with Gasteiger partial charge in [-0.3, -0.25) is 14.4 Å². The maximum atomic E-state index is 13.7. The standard InChI is InChI=1S/C35H49N3O5/c1-24(2)43-30-22-28(21-29(23-30)38-18-10-15-33(38)40)35(42)37-31(20-27-13-8-5-9-14-27)32(39)19-25(3)34(41)36-17-16-26-11-6-4-7-12-26/h5,8-9,13-14,21-26,31-32,39H,4,6-7,10-12,15-20H2,1-3H3,(H,36,41)(H,37,42)/t25-,31+,32+/m1/s1. The van der Waals surface area contributed by atoms with Crippen molar-refractivity contribution in [1.82, 2.24) is 10.6 Å². The summed E-state index contributed by atoms with van der Waals surface area (Å²) >= 11 is 0. The second-order valence-electron chi connectivity index (χ2n) is 12.6. The monoisotopic (exact) mass is 591 g/mol. The van der Waals surface area contributed by atoms with Gasteiger partial charge in [0.2, 0.25) is 11.8 Å². The van der Waals surface area contributed by atoms with Crippen molar-refractivity contribution >= 4 is 23.4 Å². The van der Waals surface area contributed by atoms with Crippen LogP contribution in [0.25, 0.3) is 0 Å². The molecule has 43 heavy (non-hydrogen) atoms. The Balaban J connectivity index is 1.45. The Hall–Kier alpha value is -3.39. The van der Waals surface area contributed by atoms with Crippen molar-refractivity contribution in [3.63, 3.8) is 0 Å². The van der Waals surface area contributed by atoms with Crippen LogP contribution in [0.1, 0.15) is 94.5 Å². The highest BCUT2D eigenvalue weighted by Crippen LogP contribution is 2.29. The van der Waals surface area contributed by atoms with E-state index < -0.39 is 18.1 Å². The first-order valence-electron chi connectivity index (χ1n) is 16.1. The van der Waals surface area contributed by atoms with Crippen molar-refractivity contribution in [2.24, 2.45) is 11.8 Å². The number of ether oxygens (including phenoxy) is 1. The summed E-state index contributed by atoms with van der Waals surface area (Å²) in [6.45, 7) is 6.90. The number of carbonyl (C=O) groups excluding carboxylic acids is 3. The lowest BCUT2D eigenvalue weighted by Crippen LogP contribution is -2.46. The molecule has 0 bridgehead atoms. The zero-order valence-electron chi connectivity index (χ0n) is 26.0. The minimum Gasteiger partial charge on any atom is -0.491 e. The van der Waals surface area contributed by atoms with Crippen LogP contribution in [-0.2, 0) is 16.0 Å².